The van der Waals surface area contributed by atoms with Crippen molar-refractivity contribution < 1.29 is 22.1 Å². The second-order valence-corrected chi connectivity index (χ2v) is 8.34. The Morgan fingerprint density at radius 1 is 1.20 bits per heavy atom. The van der Waals surface area contributed by atoms with Crippen molar-refractivity contribution in [2.75, 3.05) is 14.2 Å². The normalized spacial score (nSPS) is 19.4. The molecule has 2 aromatic carbocycles. The number of hydrogen-bond donors (Lipinski definition) is 0. The van der Waals surface area contributed by atoms with Crippen LogP contribution in [0, 0.1) is 6.92 Å². The van der Waals surface area contributed by atoms with E-state index in [0.717, 1.165) is 18.2 Å². The highest BCUT2D eigenvalue weighted by Crippen LogP contribution is 2.48. The fourth-order valence-electron chi connectivity index (χ4n) is 3.16. The van der Waals surface area contributed by atoms with Gasteiger partial charge in [-0.05, 0) is 26.0 Å². The van der Waals surface area contributed by atoms with E-state index in [-0.39, 0.29) is 4.90 Å². The van der Waals surface area contributed by atoms with Crippen molar-refractivity contribution in [1.82, 2.24) is 0 Å². The van der Waals surface area contributed by atoms with Gasteiger partial charge in [-0.1, -0.05) is 29.3 Å². The van der Waals surface area contributed by atoms with E-state index in [1.54, 1.807) is 25.3 Å². The third kappa shape index (κ3) is 3.10. The Morgan fingerprint density at radius 2 is 1.92 bits per heavy atom. The summed E-state index contributed by atoms with van der Waals surface area (Å²) in [4.78, 5) is 0.0981. The number of benzene rings is 2. The van der Waals surface area contributed by atoms with Crippen LogP contribution in [0.25, 0.3) is 0 Å². The van der Waals surface area contributed by atoms with Gasteiger partial charge >= 0.3 is 0 Å². The molecule has 2 aromatic rings. The van der Waals surface area contributed by atoms with E-state index in [9.17, 15) is 8.42 Å². The molecule has 1 atom stereocenters. The predicted octanol–water partition coefficient (Wildman–Crippen LogP) is 3.84. The summed E-state index contributed by atoms with van der Waals surface area (Å²) in [6, 6.07) is 8.58. The zero-order valence-electron chi connectivity index (χ0n) is 14.4. The molecule has 0 N–H and O–H groups in total. The third-order valence-electron chi connectivity index (χ3n) is 4.37. The monoisotopic (exact) mass is 382 g/mol. The minimum absolute atomic E-state index is 0.0981. The van der Waals surface area contributed by atoms with Crippen molar-refractivity contribution in [1.29, 1.82) is 0 Å². The first-order valence-corrected chi connectivity index (χ1v) is 9.46. The number of aryl methyl sites for hydroxylation is 1. The summed E-state index contributed by atoms with van der Waals surface area (Å²) in [6.45, 7) is 3.75. The van der Waals surface area contributed by atoms with E-state index in [1.165, 1.54) is 0 Å². The van der Waals surface area contributed by atoms with Gasteiger partial charge in [0.2, 0.25) is 0 Å². The maximum Gasteiger partial charge on any atom is 0.297 e. The van der Waals surface area contributed by atoms with Crippen LogP contribution in [0.1, 0.15) is 23.6 Å². The molecule has 25 heavy (non-hydrogen) atoms. The topological polar surface area (TPSA) is 61.8 Å². The molecule has 0 aliphatic carbocycles. The van der Waals surface area contributed by atoms with Gasteiger partial charge in [-0.3, -0.25) is 4.18 Å². The van der Waals surface area contributed by atoms with Crippen LogP contribution in [0.15, 0.2) is 35.2 Å². The van der Waals surface area contributed by atoms with E-state index in [1.807, 2.05) is 26.0 Å². The highest BCUT2D eigenvalue weighted by Gasteiger charge is 2.42. The zero-order valence-corrected chi connectivity index (χ0v) is 16.0. The molecule has 0 amide bonds. The zero-order chi connectivity index (χ0) is 18.4. The van der Waals surface area contributed by atoms with Gasteiger partial charge in [-0.15, -0.1) is 0 Å². The fraction of sp³-hybridized carbons (Fsp3) is 0.333. The lowest BCUT2D eigenvalue weighted by molar-refractivity contribution is 0.108. The standard InChI is InChI=1S/C18H19ClO5S/c1-11-5-6-16(25(20,21)23-4)14(7-11)18(2)10-12-8-13(19)9-15(22-3)17(12)24-18/h5-9H,10H2,1-4H3. The second kappa shape index (κ2) is 6.20. The number of ether oxygens (including phenoxy) is 2. The van der Waals surface area contributed by atoms with Crippen molar-refractivity contribution in [3.63, 3.8) is 0 Å². The van der Waals surface area contributed by atoms with E-state index in [0.29, 0.717) is 28.5 Å². The summed E-state index contributed by atoms with van der Waals surface area (Å²) in [5, 5.41) is 0.539. The maximum atomic E-state index is 12.4. The van der Waals surface area contributed by atoms with Crippen LogP contribution >= 0.6 is 11.6 Å². The molecule has 0 bridgehead atoms. The van der Waals surface area contributed by atoms with E-state index < -0.39 is 15.7 Å². The molecule has 1 aliphatic rings. The number of methoxy groups -OCH3 is 1. The largest absolute Gasteiger partial charge is 0.493 e. The highest BCUT2D eigenvalue weighted by atomic mass is 35.5. The molecular weight excluding hydrogens is 364 g/mol. The Kier molecular flexibility index (Phi) is 4.47. The van der Waals surface area contributed by atoms with Gasteiger partial charge in [0.25, 0.3) is 10.1 Å². The van der Waals surface area contributed by atoms with Crippen LogP contribution in [-0.4, -0.2) is 22.6 Å². The van der Waals surface area contributed by atoms with Crippen molar-refractivity contribution in [3.05, 3.63) is 52.0 Å². The Balaban J connectivity index is 2.17. The van der Waals surface area contributed by atoms with Crippen LogP contribution in [0.5, 0.6) is 11.5 Å². The van der Waals surface area contributed by atoms with Crippen LogP contribution < -0.4 is 9.47 Å². The van der Waals surface area contributed by atoms with E-state index in [4.69, 9.17) is 25.3 Å². The first-order chi connectivity index (χ1) is 11.7. The third-order valence-corrected chi connectivity index (χ3v) is 5.92. The summed E-state index contributed by atoms with van der Waals surface area (Å²) in [5.41, 5.74) is 1.46. The molecule has 5 nitrogen and oxygen atoms in total. The maximum absolute atomic E-state index is 12.4. The first-order valence-electron chi connectivity index (χ1n) is 7.67. The average Bonchev–Trinajstić information content (AvgIpc) is 2.91. The van der Waals surface area contributed by atoms with E-state index in [2.05, 4.69) is 0 Å². The quantitative estimate of drug-likeness (QED) is 0.752. The van der Waals surface area contributed by atoms with Crippen LogP contribution in [0.4, 0.5) is 0 Å². The van der Waals surface area contributed by atoms with Crippen LogP contribution in [0.3, 0.4) is 0 Å². The molecule has 0 spiro atoms. The lowest BCUT2D eigenvalue weighted by Crippen LogP contribution is -2.29. The van der Waals surface area contributed by atoms with Gasteiger partial charge < -0.3 is 9.47 Å². The molecule has 1 heterocycles. The summed E-state index contributed by atoms with van der Waals surface area (Å²) < 4.78 is 41.0. The van der Waals surface area contributed by atoms with Gasteiger partial charge in [0.05, 0.1) is 14.2 Å². The Morgan fingerprint density at radius 3 is 2.56 bits per heavy atom. The summed E-state index contributed by atoms with van der Waals surface area (Å²) in [6.07, 6.45) is 0.467. The molecule has 0 fully saturated rings. The number of fused-ring (bicyclic) bond motifs is 1. The second-order valence-electron chi connectivity index (χ2n) is 6.23. The van der Waals surface area contributed by atoms with Gasteiger partial charge in [-0.2, -0.15) is 8.42 Å². The molecule has 1 aliphatic heterocycles. The molecule has 7 heteroatoms. The highest BCUT2D eigenvalue weighted by molar-refractivity contribution is 7.86. The predicted molar refractivity (Wildman–Crippen MR) is 95.1 cm³/mol. The summed E-state index contributed by atoms with van der Waals surface area (Å²) >= 11 is 6.15. The van der Waals surface area contributed by atoms with Gasteiger partial charge in [0.1, 0.15) is 10.5 Å². The molecule has 0 saturated heterocycles. The SMILES string of the molecule is COc1cc(Cl)cc2c1OC(C)(c1cc(C)ccc1S(=O)(=O)OC)C2. The molecule has 1 unspecified atom stereocenters. The van der Waals surface area contributed by atoms with E-state index >= 15 is 0 Å². The lowest BCUT2D eigenvalue weighted by Gasteiger charge is -2.27. The molecule has 0 radical (unpaired) electrons. The van der Waals surface area contributed by atoms with Gasteiger partial charge in [0, 0.05) is 28.6 Å². The minimum atomic E-state index is -3.87. The van der Waals surface area contributed by atoms with Gasteiger partial charge in [-0.25, -0.2) is 0 Å². The lowest BCUT2D eigenvalue weighted by atomic mass is 9.90. The van der Waals surface area contributed by atoms with Crippen molar-refractivity contribution >= 4 is 21.7 Å². The number of hydrogen-bond acceptors (Lipinski definition) is 5. The Bertz CT molecular complexity index is 939. The summed E-state index contributed by atoms with van der Waals surface area (Å²) in [5.74, 6) is 1.10. The van der Waals surface area contributed by atoms with Crippen molar-refractivity contribution in [3.8, 4) is 11.5 Å². The smallest absolute Gasteiger partial charge is 0.297 e. The molecule has 0 saturated carbocycles. The van der Waals surface area contributed by atoms with Crippen molar-refractivity contribution in [2.24, 2.45) is 0 Å². The minimum Gasteiger partial charge on any atom is -0.493 e. The Labute approximate surface area is 152 Å². The fourth-order valence-corrected chi connectivity index (χ4v) is 4.35. The van der Waals surface area contributed by atoms with Crippen LogP contribution in [0.2, 0.25) is 5.02 Å². The first kappa shape index (κ1) is 18.0. The number of halogens is 1. The van der Waals surface area contributed by atoms with Gasteiger partial charge in [0.15, 0.2) is 11.5 Å². The van der Waals surface area contributed by atoms with Crippen molar-refractivity contribution in [2.45, 2.75) is 30.8 Å². The average molecular weight is 383 g/mol. The molecular formula is C18H19ClO5S. The molecule has 3 rings (SSSR count). The summed E-state index contributed by atoms with van der Waals surface area (Å²) in [7, 11) is -1.18. The van der Waals surface area contributed by atoms with Crippen LogP contribution in [-0.2, 0) is 26.3 Å². The Hall–Kier alpha value is -1.76. The molecule has 134 valence electrons. The number of rotatable bonds is 4. The molecule has 0 aromatic heterocycles.